The molecule has 0 heterocycles. The molecule has 0 aromatic rings. The van der Waals surface area contributed by atoms with E-state index in [0.29, 0.717) is 6.42 Å². The molecular weight excluding hydrogens is 180 g/mol. The van der Waals surface area contributed by atoms with Gasteiger partial charge in [0.2, 0.25) is 0 Å². The SMILES string of the molecule is [2H]C([2H])=C(CC/C=C(\C)CCC=C(C)C)C([2H])([2H])C([2H])([2H])[2H]. The first-order valence-electron chi connectivity index (χ1n) is 8.85. The minimum Gasteiger partial charge on any atom is -0.0999 e. The lowest BCUT2D eigenvalue weighted by Gasteiger charge is -2.01. The van der Waals surface area contributed by atoms with Crippen molar-refractivity contribution >= 4 is 0 Å². The first-order valence-corrected chi connectivity index (χ1v) is 5.35. The van der Waals surface area contributed by atoms with Crippen LogP contribution in [-0.2, 0) is 0 Å². The molecule has 0 aliphatic carbocycles. The summed E-state index contributed by atoms with van der Waals surface area (Å²) in [6.07, 6.45) is 3.78. The van der Waals surface area contributed by atoms with Crippen LogP contribution in [0.2, 0.25) is 0 Å². The molecule has 0 rings (SSSR count). The first-order chi connectivity index (χ1) is 9.89. The average Bonchev–Trinajstić information content (AvgIpc) is 2.31. The molecule has 0 atom stereocenters. The van der Waals surface area contributed by atoms with Crippen molar-refractivity contribution in [1.29, 1.82) is 0 Å². The second kappa shape index (κ2) is 8.52. The highest BCUT2D eigenvalue weighted by atomic mass is 14.0. The van der Waals surface area contributed by atoms with Crippen molar-refractivity contribution in [3.63, 3.8) is 0 Å². The van der Waals surface area contributed by atoms with Crippen LogP contribution in [-0.4, -0.2) is 0 Å². The van der Waals surface area contributed by atoms with E-state index in [0.717, 1.165) is 18.4 Å². The Labute approximate surface area is 106 Å². The molecule has 0 saturated heterocycles. The Hall–Kier alpha value is -0.780. The van der Waals surface area contributed by atoms with Crippen molar-refractivity contribution in [2.24, 2.45) is 0 Å². The van der Waals surface area contributed by atoms with Crippen molar-refractivity contribution in [3.05, 3.63) is 35.4 Å². The Morgan fingerprint density at radius 1 is 1.27 bits per heavy atom. The molecule has 0 bridgehead atoms. The molecule has 0 aromatic carbocycles. The van der Waals surface area contributed by atoms with E-state index >= 15 is 0 Å². The molecule has 0 fully saturated rings. The summed E-state index contributed by atoms with van der Waals surface area (Å²) in [6, 6.07) is 0. The predicted molar refractivity (Wildman–Crippen MR) is 71.1 cm³/mol. The van der Waals surface area contributed by atoms with Gasteiger partial charge in [-0.3, -0.25) is 0 Å². The summed E-state index contributed by atoms with van der Waals surface area (Å²) < 4.78 is 51.8. The summed E-state index contributed by atoms with van der Waals surface area (Å²) in [7, 11) is 0. The fourth-order valence-corrected chi connectivity index (χ4v) is 1.22. The molecule has 15 heavy (non-hydrogen) atoms. The van der Waals surface area contributed by atoms with Crippen LogP contribution >= 0.6 is 0 Å². The fourth-order valence-electron chi connectivity index (χ4n) is 1.22. The summed E-state index contributed by atoms with van der Waals surface area (Å²) >= 11 is 0. The van der Waals surface area contributed by atoms with E-state index in [9.17, 15) is 0 Å². The maximum Gasteiger partial charge on any atom is 0.0537 e. The van der Waals surface area contributed by atoms with Gasteiger partial charge in [-0.05, 0) is 52.8 Å². The minimum absolute atomic E-state index is 0.0771. The van der Waals surface area contributed by atoms with Crippen molar-refractivity contribution in [2.45, 2.75) is 59.7 Å². The topological polar surface area (TPSA) is 0 Å². The summed E-state index contributed by atoms with van der Waals surface area (Å²) in [5, 5.41) is 0. The van der Waals surface area contributed by atoms with Crippen molar-refractivity contribution < 1.29 is 9.60 Å². The lowest BCUT2D eigenvalue weighted by molar-refractivity contribution is 0.889. The van der Waals surface area contributed by atoms with Gasteiger partial charge in [0.05, 0.1) is 2.74 Å². The van der Waals surface area contributed by atoms with Gasteiger partial charge in [0.15, 0.2) is 0 Å². The third-order valence-electron chi connectivity index (χ3n) is 2.13. The quantitative estimate of drug-likeness (QED) is 0.495. The Morgan fingerprint density at radius 3 is 2.60 bits per heavy atom. The van der Waals surface area contributed by atoms with Gasteiger partial charge in [-0.25, -0.2) is 0 Å². The van der Waals surface area contributed by atoms with Crippen LogP contribution < -0.4 is 0 Å². The van der Waals surface area contributed by atoms with Crippen molar-refractivity contribution in [2.75, 3.05) is 0 Å². The van der Waals surface area contributed by atoms with E-state index in [1.165, 1.54) is 5.57 Å². The van der Waals surface area contributed by atoms with Gasteiger partial charge in [-0.15, -0.1) is 0 Å². The summed E-state index contributed by atoms with van der Waals surface area (Å²) in [5.41, 5.74) is 2.14. The molecule has 0 heteroatoms. The third kappa shape index (κ3) is 9.52. The van der Waals surface area contributed by atoms with E-state index in [-0.39, 0.29) is 12.0 Å². The molecule has 0 aliphatic rings. The van der Waals surface area contributed by atoms with Crippen LogP contribution in [0.4, 0.5) is 0 Å². The van der Waals surface area contributed by atoms with Crippen LogP contribution in [0.3, 0.4) is 0 Å². The molecule has 0 nitrogen and oxygen atoms in total. The second-order valence-electron chi connectivity index (χ2n) is 4.01. The summed E-state index contributed by atoms with van der Waals surface area (Å²) in [4.78, 5) is 0. The van der Waals surface area contributed by atoms with Crippen LogP contribution in [0.15, 0.2) is 35.4 Å². The van der Waals surface area contributed by atoms with Gasteiger partial charge in [0, 0.05) is 6.85 Å². The Kier molecular flexibility index (Phi) is 3.45. The molecule has 0 aromatic heterocycles. The zero-order chi connectivity index (χ0) is 17.6. The number of rotatable bonds is 7. The normalized spacial score (nSPS) is 19.7. The molecule has 86 valence electrons. The highest BCUT2D eigenvalue weighted by Crippen LogP contribution is 2.11. The molecule has 0 radical (unpaired) electrons. The van der Waals surface area contributed by atoms with Gasteiger partial charge in [0.25, 0.3) is 0 Å². The molecule has 0 spiro atoms. The highest BCUT2D eigenvalue weighted by Gasteiger charge is 1.91. The van der Waals surface area contributed by atoms with Crippen LogP contribution in [0.25, 0.3) is 0 Å². The van der Waals surface area contributed by atoms with Crippen LogP contribution in [0, 0.1) is 0 Å². The number of hydrogen-bond donors (Lipinski definition) is 0. The molecule has 0 unspecified atom stereocenters. The number of hydrogen-bond acceptors (Lipinski definition) is 0. The highest BCUT2D eigenvalue weighted by molar-refractivity contribution is 5.04. The van der Waals surface area contributed by atoms with E-state index in [1.807, 2.05) is 26.8 Å². The smallest absolute Gasteiger partial charge is 0.0537 e. The van der Waals surface area contributed by atoms with E-state index < -0.39 is 19.8 Å². The van der Waals surface area contributed by atoms with Crippen molar-refractivity contribution in [3.8, 4) is 0 Å². The fraction of sp³-hybridized carbons (Fsp3) is 0.600. The predicted octanol–water partition coefficient (Wildman–Crippen LogP) is 5.43. The lowest BCUT2D eigenvalue weighted by Crippen LogP contribution is -1.81. The second-order valence-corrected chi connectivity index (χ2v) is 4.01. The molecule has 0 saturated carbocycles. The van der Waals surface area contributed by atoms with E-state index in [4.69, 9.17) is 9.60 Å². The summed E-state index contributed by atoms with van der Waals surface area (Å²) in [6.45, 7) is 2.45. The third-order valence-corrected chi connectivity index (χ3v) is 2.13. The van der Waals surface area contributed by atoms with E-state index in [2.05, 4.69) is 6.08 Å². The standard InChI is InChI=1S/C15H26/c1-6-14(4)10-8-12-15(5)11-7-9-13(2)3/h9,12H,4,6-8,10-11H2,1-3,5H3/b15-12+/i1D3,4D2,6D2. The largest absolute Gasteiger partial charge is 0.0999 e. The summed E-state index contributed by atoms with van der Waals surface area (Å²) in [5.74, 6) is 0. The number of allylic oxidation sites excluding steroid dienone is 5. The van der Waals surface area contributed by atoms with Gasteiger partial charge < -0.3 is 0 Å². The van der Waals surface area contributed by atoms with Gasteiger partial charge in [0.1, 0.15) is 0 Å². The Balaban J connectivity index is 4.78. The Bertz CT molecular complexity index is 445. The van der Waals surface area contributed by atoms with E-state index in [1.54, 1.807) is 0 Å². The van der Waals surface area contributed by atoms with Crippen LogP contribution in [0.1, 0.15) is 69.3 Å². The zero-order valence-corrected chi connectivity index (χ0v) is 9.98. The van der Waals surface area contributed by atoms with Gasteiger partial charge >= 0.3 is 0 Å². The van der Waals surface area contributed by atoms with Gasteiger partial charge in [-0.1, -0.05) is 42.3 Å². The van der Waals surface area contributed by atoms with Crippen LogP contribution in [0.5, 0.6) is 0 Å². The molecule has 0 N–H and O–H groups in total. The maximum atomic E-state index is 7.69. The lowest BCUT2D eigenvalue weighted by atomic mass is 10.1. The monoisotopic (exact) mass is 213 g/mol. The minimum atomic E-state index is -2.86. The average molecular weight is 213 g/mol. The van der Waals surface area contributed by atoms with Crippen molar-refractivity contribution in [1.82, 2.24) is 0 Å². The zero-order valence-electron chi connectivity index (χ0n) is 17.0. The Morgan fingerprint density at radius 2 is 2.00 bits per heavy atom. The molecule has 0 amide bonds. The molecular formula is C15H26. The maximum absolute atomic E-state index is 7.69. The first kappa shape index (κ1) is 6.08. The van der Waals surface area contributed by atoms with Gasteiger partial charge in [-0.2, -0.15) is 0 Å². The molecule has 0 aliphatic heterocycles.